The van der Waals surface area contributed by atoms with Gasteiger partial charge in [-0.2, -0.15) is 5.26 Å². The molecule has 0 aromatic heterocycles. The van der Waals surface area contributed by atoms with Crippen LogP contribution in [0.3, 0.4) is 0 Å². The van der Waals surface area contributed by atoms with Gasteiger partial charge in [0.15, 0.2) is 0 Å². The maximum absolute atomic E-state index is 12.8. The van der Waals surface area contributed by atoms with Crippen molar-refractivity contribution in [1.82, 2.24) is 10.6 Å². The molecule has 8 heteroatoms. The lowest BCUT2D eigenvalue weighted by Gasteiger charge is -2.23. The van der Waals surface area contributed by atoms with Crippen LogP contribution in [0.4, 0.5) is 4.79 Å². The predicted molar refractivity (Wildman–Crippen MR) is 126 cm³/mol. The van der Waals surface area contributed by atoms with Crippen molar-refractivity contribution in [2.45, 2.75) is 64.8 Å². The number of nitrogens with one attached hydrogen (secondary N) is 2. The van der Waals surface area contributed by atoms with E-state index in [-0.39, 0.29) is 32.0 Å². The van der Waals surface area contributed by atoms with E-state index in [1.54, 1.807) is 45.0 Å². The molecule has 2 aromatic rings. The van der Waals surface area contributed by atoms with Gasteiger partial charge in [0.05, 0.1) is 11.6 Å². The van der Waals surface area contributed by atoms with Crippen LogP contribution in [0.25, 0.3) is 0 Å². The van der Waals surface area contributed by atoms with Crippen molar-refractivity contribution in [3.05, 3.63) is 71.3 Å². The molecule has 0 bridgehead atoms. The molecule has 0 saturated carbocycles. The van der Waals surface area contributed by atoms with Gasteiger partial charge < -0.3 is 20.1 Å². The molecule has 0 fully saturated rings. The van der Waals surface area contributed by atoms with Gasteiger partial charge in [-0.15, -0.1) is 0 Å². The Morgan fingerprint density at radius 2 is 1.68 bits per heavy atom. The zero-order valence-electron chi connectivity index (χ0n) is 19.8. The third-order valence-corrected chi connectivity index (χ3v) is 4.67. The number of alkyl carbamates (subject to hydrolysis) is 1. The molecule has 0 heterocycles. The molecule has 0 aliphatic heterocycles. The largest absolute Gasteiger partial charge is 0.461 e. The van der Waals surface area contributed by atoms with Gasteiger partial charge in [-0.1, -0.05) is 42.5 Å². The van der Waals surface area contributed by atoms with E-state index in [1.807, 2.05) is 36.4 Å². The molecule has 34 heavy (non-hydrogen) atoms. The monoisotopic (exact) mass is 465 g/mol. The van der Waals surface area contributed by atoms with Crippen molar-refractivity contribution in [3.63, 3.8) is 0 Å². The van der Waals surface area contributed by atoms with Crippen molar-refractivity contribution < 1.29 is 23.9 Å². The predicted octanol–water partition coefficient (Wildman–Crippen LogP) is 3.98. The van der Waals surface area contributed by atoms with E-state index < -0.39 is 23.6 Å². The molecule has 0 saturated heterocycles. The van der Waals surface area contributed by atoms with Gasteiger partial charge in [0.1, 0.15) is 18.2 Å². The average molecular weight is 466 g/mol. The fourth-order valence-electron chi connectivity index (χ4n) is 2.99. The highest BCUT2D eigenvalue weighted by molar-refractivity contribution is 5.85. The number of nitrogens with zero attached hydrogens (tertiary/aromatic N) is 1. The first-order valence-electron chi connectivity index (χ1n) is 11.1. The second-order valence-electron chi connectivity index (χ2n) is 8.76. The zero-order valence-corrected chi connectivity index (χ0v) is 19.8. The number of benzene rings is 2. The number of carbonyl (C=O) groups is 3. The van der Waals surface area contributed by atoms with Gasteiger partial charge in [0.25, 0.3) is 0 Å². The second-order valence-corrected chi connectivity index (χ2v) is 8.76. The Kier molecular flexibility index (Phi) is 10.1. The molecule has 0 spiro atoms. The number of hydrogen-bond donors (Lipinski definition) is 2. The fraction of sp³-hybridized carbons (Fsp3) is 0.385. The third kappa shape index (κ3) is 10.2. The first kappa shape index (κ1) is 26.4. The molecule has 1 atom stereocenters. The van der Waals surface area contributed by atoms with Crippen molar-refractivity contribution in [2.24, 2.45) is 0 Å². The SMILES string of the molecule is CC(C)(C)OC(=O)NC(CCCC(=O)OCc1ccccc1)C(=O)NCc1ccc(C#N)cc1. The topological polar surface area (TPSA) is 118 Å². The smallest absolute Gasteiger partial charge is 0.408 e. The molecule has 2 rings (SSSR count). The molecule has 0 aliphatic rings. The summed E-state index contributed by atoms with van der Waals surface area (Å²) in [5.74, 6) is -0.772. The van der Waals surface area contributed by atoms with Gasteiger partial charge in [-0.3, -0.25) is 9.59 Å². The molecule has 2 N–H and O–H groups in total. The lowest BCUT2D eigenvalue weighted by atomic mass is 10.1. The third-order valence-electron chi connectivity index (χ3n) is 4.67. The van der Waals surface area contributed by atoms with Gasteiger partial charge >= 0.3 is 12.1 Å². The summed E-state index contributed by atoms with van der Waals surface area (Å²) < 4.78 is 10.5. The minimum atomic E-state index is -0.879. The van der Waals surface area contributed by atoms with Crippen LogP contribution in [0, 0.1) is 11.3 Å². The summed E-state index contributed by atoms with van der Waals surface area (Å²) in [6.45, 7) is 5.61. The molecule has 180 valence electrons. The molecule has 0 radical (unpaired) electrons. The standard InChI is InChI=1S/C26H31N3O5/c1-26(2,3)34-25(32)29-22(24(31)28-17-20-14-12-19(16-27)13-15-20)10-7-11-23(30)33-18-21-8-5-4-6-9-21/h4-6,8-9,12-15,22H,7,10-11,17-18H2,1-3H3,(H,28,31)(H,29,32). The Bertz CT molecular complexity index is 992. The maximum atomic E-state index is 12.8. The number of nitriles is 1. The van der Waals surface area contributed by atoms with Crippen LogP contribution < -0.4 is 10.6 Å². The van der Waals surface area contributed by atoms with Crippen LogP contribution in [-0.2, 0) is 32.2 Å². The van der Waals surface area contributed by atoms with E-state index in [0.717, 1.165) is 11.1 Å². The normalized spacial score (nSPS) is 11.6. The maximum Gasteiger partial charge on any atom is 0.408 e. The summed E-state index contributed by atoms with van der Waals surface area (Å²) in [5, 5.41) is 14.3. The summed E-state index contributed by atoms with van der Waals surface area (Å²) in [4.78, 5) is 37.1. The number of esters is 1. The summed E-state index contributed by atoms with van der Waals surface area (Å²) in [6, 6.07) is 17.3. The number of rotatable bonds is 10. The highest BCUT2D eigenvalue weighted by atomic mass is 16.6. The molecule has 1 unspecified atom stereocenters. The van der Waals surface area contributed by atoms with E-state index in [4.69, 9.17) is 14.7 Å². The first-order valence-corrected chi connectivity index (χ1v) is 11.1. The summed E-state index contributed by atoms with van der Waals surface area (Å²) in [6.07, 6.45) is -0.0165. The van der Waals surface area contributed by atoms with Gasteiger partial charge in [-0.25, -0.2) is 4.79 Å². The minimum Gasteiger partial charge on any atom is -0.461 e. The lowest BCUT2D eigenvalue weighted by Crippen LogP contribution is -2.48. The van der Waals surface area contributed by atoms with Crippen LogP contribution in [0.5, 0.6) is 0 Å². The molecule has 0 aliphatic carbocycles. The Hall–Kier alpha value is -3.86. The highest BCUT2D eigenvalue weighted by Crippen LogP contribution is 2.10. The minimum absolute atomic E-state index is 0.113. The van der Waals surface area contributed by atoms with E-state index in [9.17, 15) is 14.4 Å². The molecule has 2 amide bonds. The Labute approximate surface area is 200 Å². The van der Waals surface area contributed by atoms with E-state index >= 15 is 0 Å². The Balaban J connectivity index is 1.89. The van der Waals surface area contributed by atoms with Gasteiger partial charge in [-0.05, 0) is 56.9 Å². The quantitative estimate of drug-likeness (QED) is 0.513. The second kappa shape index (κ2) is 13.0. The zero-order chi connectivity index (χ0) is 25.0. The van der Waals surface area contributed by atoms with Crippen LogP contribution in [0.15, 0.2) is 54.6 Å². The van der Waals surface area contributed by atoms with Crippen LogP contribution in [0.2, 0.25) is 0 Å². The van der Waals surface area contributed by atoms with Crippen molar-refractivity contribution in [3.8, 4) is 6.07 Å². The van der Waals surface area contributed by atoms with Gasteiger partial charge in [0.2, 0.25) is 5.91 Å². The summed E-state index contributed by atoms with van der Waals surface area (Å²) in [7, 11) is 0. The summed E-state index contributed by atoms with van der Waals surface area (Å²) in [5.41, 5.74) is 1.52. The Morgan fingerprint density at radius 1 is 1.00 bits per heavy atom. The molecule has 8 nitrogen and oxygen atoms in total. The van der Waals surface area contributed by atoms with Crippen LogP contribution in [0.1, 0.15) is 56.7 Å². The van der Waals surface area contributed by atoms with Crippen molar-refractivity contribution >= 4 is 18.0 Å². The van der Waals surface area contributed by atoms with Crippen LogP contribution in [-0.4, -0.2) is 29.6 Å². The lowest BCUT2D eigenvalue weighted by molar-refractivity contribution is -0.145. The number of carbonyl (C=O) groups excluding carboxylic acids is 3. The van der Waals surface area contributed by atoms with E-state index in [0.29, 0.717) is 12.0 Å². The van der Waals surface area contributed by atoms with Crippen LogP contribution >= 0.6 is 0 Å². The molecule has 2 aromatic carbocycles. The summed E-state index contributed by atoms with van der Waals surface area (Å²) >= 11 is 0. The number of ether oxygens (including phenoxy) is 2. The fourth-order valence-corrected chi connectivity index (χ4v) is 2.99. The number of amides is 2. The van der Waals surface area contributed by atoms with Gasteiger partial charge in [0, 0.05) is 13.0 Å². The molecular formula is C26H31N3O5. The number of hydrogen-bond acceptors (Lipinski definition) is 6. The first-order chi connectivity index (χ1) is 16.2. The highest BCUT2D eigenvalue weighted by Gasteiger charge is 2.24. The van der Waals surface area contributed by atoms with E-state index in [2.05, 4.69) is 10.6 Å². The van der Waals surface area contributed by atoms with Crippen molar-refractivity contribution in [1.29, 1.82) is 5.26 Å². The average Bonchev–Trinajstić information content (AvgIpc) is 2.80. The Morgan fingerprint density at radius 3 is 2.29 bits per heavy atom. The van der Waals surface area contributed by atoms with Crippen molar-refractivity contribution in [2.75, 3.05) is 0 Å². The molecular weight excluding hydrogens is 434 g/mol. The van der Waals surface area contributed by atoms with E-state index in [1.165, 1.54) is 0 Å².